The number of hydrogen-bond donors (Lipinski definition) is 2. The van der Waals surface area contributed by atoms with E-state index in [0.29, 0.717) is 18.2 Å². The van der Waals surface area contributed by atoms with Gasteiger partial charge in [0.1, 0.15) is 5.69 Å². The van der Waals surface area contributed by atoms with Gasteiger partial charge in [-0.25, -0.2) is 9.67 Å². The Bertz CT molecular complexity index is 765. The Morgan fingerprint density at radius 1 is 1.52 bits per heavy atom. The molecule has 8 nitrogen and oxygen atoms in total. The van der Waals surface area contributed by atoms with Crippen molar-refractivity contribution in [1.82, 2.24) is 25.1 Å². The molecule has 2 N–H and O–H groups in total. The van der Waals surface area contributed by atoms with Crippen LogP contribution in [0.5, 0.6) is 0 Å². The molecule has 0 aromatic carbocycles. The highest BCUT2D eigenvalue weighted by molar-refractivity contribution is 5.93. The molecule has 3 heterocycles. The molecule has 0 unspecified atom stereocenters. The molecule has 1 aliphatic heterocycles. The van der Waals surface area contributed by atoms with Gasteiger partial charge in [0.15, 0.2) is 0 Å². The summed E-state index contributed by atoms with van der Waals surface area (Å²) >= 11 is 0. The Labute approximate surface area is 133 Å². The van der Waals surface area contributed by atoms with Gasteiger partial charge in [0.2, 0.25) is 0 Å². The smallest absolute Gasteiger partial charge is 0.271 e. The lowest BCUT2D eigenvalue weighted by atomic mass is 10.1. The van der Waals surface area contributed by atoms with E-state index in [1.165, 1.54) is 11.0 Å². The lowest BCUT2D eigenvalue weighted by Gasteiger charge is -2.18. The quantitative estimate of drug-likeness (QED) is 0.832. The van der Waals surface area contributed by atoms with Crippen LogP contribution in [0.3, 0.4) is 0 Å². The number of nitrogens with one attached hydrogen (secondary N) is 2. The summed E-state index contributed by atoms with van der Waals surface area (Å²) in [4.78, 5) is 32.8. The van der Waals surface area contributed by atoms with Crippen LogP contribution in [0.25, 0.3) is 0 Å². The number of aromatic nitrogens is 4. The SMILES string of the molecule is Cc1[nH]cnc1C(=O)NC[C@@H]1CCN(c2cnn(C)c(=O)c2)C1. The number of anilines is 1. The topological polar surface area (TPSA) is 95.9 Å². The molecule has 122 valence electrons. The molecule has 2 aromatic heterocycles. The number of rotatable bonds is 4. The molecule has 1 fully saturated rings. The van der Waals surface area contributed by atoms with Crippen molar-refractivity contribution in [3.8, 4) is 0 Å². The van der Waals surface area contributed by atoms with E-state index < -0.39 is 0 Å². The molecule has 0 saturated carbocycles. The number of carbonyl (C=O) groups excluding carboxylic acids is 1. The second-order valence-corrected chi connectivity index (χ2v) is 5.86. The van der Waals surface area contributed by atoms with Crippen molar-refractivity contribution in [2.75, 3.05) is 24.5 Å². The van der Waals surface area contributed by atoms with Crippen molar-refractivity contribution in [3.63, 3.8) is 0 Å². The first-order chi connectivity index (χ1) is 11.0. The molecule has 1 aliphatic rings. The van der Waals surface area contributed by atoms with E-state index in [9.17, 15) is 9.59 Å². The van der Waals surface area contributed by atoms with Crippen molar-refractivity contribution in [2.24, 2.45) is 13.0 Å². The molecule has 8 heteroatoms. The first kappa shape index (κ1) is 15.3. The van der Waals surface area contributed by atoms with Gasteiger partial charge in [0, 0.05) is 38.4 Å². The maximum absolute atomic E-state index is 12.1. The molecule has 23 heavy (non-hydrogen) atoms. The monoisotopic (exact) mass is 316 g/mol. The number of aryl methyl sites for hydroxylation is 2. The minimum Gasteiger partial charge on any atom is -0.370 e. The van der Waals surface area contributed by atoms with E-state index in [1.807, 2.05) is 6.92 Å². The fourth-order valence-corrected chi connectivity index (χ4v) is 2.78. The van der Waals surface area contributed by atoms with Crippen LogP contribution in [0.15, 0.2) is 23.4 Å². The molecule has 2 aromatic rings. The first-order valence-corrected chi connectivity index (χ1v) is 7.61. The molecule has 1 amide bonds. The lowest BCUT2D eigenvalue weighted by molar-refractivity contribution is 0.0943. The van der Waals surface area contributed by atoms with Crippen LogP contribution >= 0.6 is 0 Å². The fraction of sp³-hybridized carbons (Fsp3) is 0.467. The van der Waals surface area contributed by atoms with Crippen LogP contribution < -0.4 is 15.8 Å². The maximum atomic E-state index is 12.1. The summed E-state index contributed by atoms with van der Waals surface area (Å²) in [5, 5.41) is 6.98. The van der Waals surface area contributed by atoms with Crippen LogP contribution in [-0.2, 0) is 7.05 Å². The third-order valence-corrected chi connectivity index (χ3v) is 4.20. The maximum Gasteiger partial charge on any atom is 0.271 e. The van der Waals surface area contributed by atoms with Gasteiger partial charge in [0.25, 0.3) is 11.5 Å². The molecule has 1 atom stereocenters. The largest absolute Gasteiger partial charge is 0.370 e. The molecule has 3 rings (SSSR count). The number of carbonyl (C=O) groups is 1. The second kappa shape index (κ2) is 6.23. The van der Waals surface area contributed by atoms with Gasteiger partial charge < -0.3 is 15.2 Å². The minimum atomic E-state index is -0.155. The fourth-order valence-electron chi connectivity index (χ4n) is 2.78. The Kier molecular flexibility index (Phi) is 4.14. The predicted molar refractivity (Wildman–Crippen MR) is 85.5 cm³/mol. The number of aromatic amines is 1. The molecular formula is C15H20N6O2. The number of H-pyrrole nitrogens is 1. The second-order valence-electron chi connectivity index (χ2n) is 5.86. The van der Waals surface area contributed by atoms with Crippen molar-refractivity contribution in [2.45, 2.75) is 13.3 Å². The Balaban J connectivity index is 1.56. The van der Waals surface area contributed by atoms with Crippen molar-refractivity contribution in [3.05, 3.63) is 40.3 Å². The zero-order valence-corrected chi connectivity index (χ0v) is 13.2. The number of amides is 1. The summed E-state index contributed by atoms with van der Waals surface area (Å²) in [5.41, 5.74) is 1.93. The Morgan fingerprint density at radius 2 is 2.35 bits per heavy atom. The lowest BCUT2D eigenvalue weighted by Crippen LogP contribution is -2.32. The summed E-state index contributed by atoms with van der Waals surface area (Å²) < 4.78 is 1.31. The summed E-state index contributed by atoms with van der Waals surface area (Å²) in [6, 6.07) is 1.60. The van der Waals surface area contributed by atoms with E-state index in [1.54, 1.807) is 19.3 Å². The highest BCUT2D eigenvalue weighted by atomic mass is 16.2. The molecule has 0 bridgehead atoms. The normalized spacial score (nSPS) is 17.5. The third kappa shape index (κ3) is 3.25. The standard InChI is InChI=1S/C15H20N6O2/c1-10-14(18-9-17-10)15(23)16-6-11-3-4-21(8-11)12-5-13(22)20(2)19-7-12/h5,7,9,11H,3-4,6,8H2,1-2H3,(H,16,23)(H,17,18)/t11-/m0/s1. The average molecular weight is 316 g/mol. The van der Waals surface area contributed by atoms with Crippen LogP contribution in [-0.4, -0.2) is 45.3 Å². The van der Waals surface area contributed by atoms with Gasteiger partial charge in [0.05, 0.1) is 18.2 Å². The van der Waals surface area contributed by atoms with Gasteiger partial charge in [-0.1, -0.05) is 0 Å². The van der Waals surface area contributed by atoms with Crippen molar-refractivity contribution >= 4 is 11.6 Å². The summed E-state index contributed by atoms with van der Waals surface area (Å²) in [7, 11) is 1.63. The summed E-state index contributed by atoms with van der Waals surface area (Å²) in [6.07, 6.45) is 4.19. The zero-order valence-electron chi connectivity index (χ0n) is 13.2. The van der Waals surface area contributed by atoms with Crippen molar-refractivity contribution in [1.29, 1.82) is 0 Å². The first-order valence-electron chi connectivity index (χ1n) is 7.61. The molecule has 1 saturated heterocycles. The van der Waals surface area contributed by atoms with E-state index in [4.69, 9.17) is 0 Å². The van der Waals surface area contributed by atoms with Gasteiger partial charge in [-0.15, -0.1) is 0 Å². The summed E-state index contributed by atoms with van der Waals surface area (Å²) in [5.74, 6) is 0.194. The number of hydrogen-bond acceptors (Lipinski definition) is 5. The predicted octanol–water partition coefficient (Wildman–Crippen LogP) is 0.0681. The van der Waals surface area contributed by atoms with Gasteiger partial charge in [-0.3, -0.25) is 9.59 Å². The van der Waals surface area contributed by atoms with Gasteiger partial charge in [-0.2, -0.15) is 5.10 Å². The van der Waals surface area contributed by atoms with Gasteiger partial charge >= 0.3 is 0 Å². The Hall–Kier alpha value is -2.64. The minimum absolute atomic E-state index is 0.117. The molecular weight excluding hydrogens is 296 g/mol. The van der Waals surface area contributed by atoms with Crippen LogP contribution in [0.2, 0.25) is 0 Å². The van der Waals surface area contributed by atoms with E-state index in [0.717, 1.165) is 30.9 Å². The molecule has 0 radical (unpaired) electrons. The highest BCUT2D eigenvalue weighted by Crippen LogP contribution is 2.21. The van der Waals surface area contributed by atoms with Crippen LogP contribution in [0.4, 0.5) is 5.69 Å². The molecule has 0 spiro atoms. The van der Waals surface area contributed by atoms with Crippen LogP contribution in [0.1, 0.15) is 22.6 Å². The average Bonchev–Trinajstić information content (AvgIpc) is 3.16. The van der Waals surface area contributed by atoms with E-state index in [-0.39, 0.29) is 11.5 Å². The third-order valence-electron chi connectivity index (χ3n) is 4.20. The van der Waals surface area contributed by atoms with E-state index in [2.05, 4.69) is 25.3 Å². The van der Waals surface area contributed by atoms with E-state index >= 15 is 0 Å². The van der Waals surface area contributed by atoms with Crippen LogP contribution in [0, 0.1) is 12.8 Å². The number of imidazole rings is 1. The van der Waals surface area contributed by atoms with Gasteiger partial charge in [-0.05, 0) is 19.3 Å². The summed E-state index contributed by atoms with van der Waals surface area (Å²) in [6.45, 7) is 4.08. The zero-order chi connectivity index (χ0) is 16.4. The highest BCUT2D eigenvalue weighted by Gasteiger charge is 2.24. The molecule has 0 aliphatic carbocycles. The Morgan fingerprint density at radius 3 is 3.04 bits per heavy atom. The van der Waals surface area contributed by atoms with Crippen molar-refractivity contribution < 1.29 is 4.79 Å². The number of nitrogens with zero attached hydrogens (tertiary/aromatic N) is 4.